The van der Waals surface area contributed by atoms with E-state index in [9.17, 15) is 0 Å². The molecule has 2 aromatic rings. The van der Waals surface area contributed by atoms with E-state index >= 15 is 0 Å². The molecule has 4 nitrogen and oxygen atoms in total. The zero-order chi connectivity index (χ0) is 21.3. The van der Waals surface area contributed by atoms with Crippen molar-refractivity contribution in [3.8, 4) is 11.5 Å². The average Bonchev–Trinajstić information content (AvgIpc) is 2.78. The van der Waals surface area contributed by atoms with Crippen LogP contribution in [-0.4, -0.2) is 25.6 Å². The van der Waals surface area contributed by atoms with E-state index in [0.717, 1.165) is 48.7 Å². The Morgan fingerprint density at radius 2 is 0.967 bits per heavy atom. The van der Waals surface area contributed by atoms with Crippen LogP contribution in [0.15, 0.2) is 58.7 Å². The minimum atomic E-state index is 0.778. The molecule has 4 heteroatoms. The van der Waals surface area contributed by atoms with Crippen LogP contribution < -0.4 is 9.47 Å². The summed E-state index contributed by atoms with van der Waals surface area (Å²) in [5, 5.41) is 8.27. The molecule has 0 heterocycles. The first-order chi connectivity index (χ1) is 14.8. The summed E-state index contributed by atoms with van der Waals surface area (Å²) < 4.78 is 11.5. The lowest BCUT2D eigenvalue weighted by atomic mass is 10.2. The van der Waals surface area contributed by atoms with Crippen molar-refractivity contribution in [2.75, 3.05) is 13.2 Å². The minimum Gasteiger partial charge on any atom is -0.494 e. The molecule has 0 amide bonds. The van der Waals surface area contributed by atoms with Gasteiger partial charge in [-0.25, -0.2) is 0 Å². The molecule has 0 atom stereocenters. The van der Waals surface area contributed by atoms with Gasteiger partial charge in [0.2, 0.25) is 0 Å². The third-order valence-corrected chi connectivity index (χ3v) is 4.77. The highest BCUT2D eigenvalue weighted by molar-refractivity contribution is 5.82. The van der Waals surface area contributed by atoms with Gasteiger partial charge in [-0.3, -0.25) is 0 Å². The summed E-state index contributed by atoms with van der Waals surface area (Å²) in [6.07, 6.45) is 13.2. The topological polar surface area (TPSA) is 43.2 Å². The number of hydrogen-bond donors (Lipinski definition) is 0. The number of benzene rings is 2. The van der Waals surface area contributed by atoms with Crippen LogP contribution in [0, 0.1) is 0 Å². The molecule has 0 aliphatic rings. The molecule has 0 N–H and O–H groups in total. The largest absolute Gasteiger partial charge is 0.494 e. The van der Waals surface area contributed by atoms with Gasteiger partial charge in [0.25, 0.3) is 0 Å². The Bertz CT molecular complexity index is 671. The van der Waals surface area contributed by atoms with Crippen LogP contribution in [0.1, 0.15) is 76.3 Å². The van der Waals surface area contributed by atoms with Gasteiger partial charge in [0.1, 0.15) is 11.5 Å². The zero-order valence-electron chi connectivity index (χ0n) is 18.6. The Kier molecular flexibility index (Phi) is 12.0. The summed E-state index contributed by atoms with van der Waals surface area (Å²) in [5.74, 6) is 1.81. The molecule has 0 saturated carbocycles. The first kappa shape index (κ1) is 23.7. The standard InChI is InChI=1S/C26H36N2O2/c1-3-5-7-9-19-29-25-15-11-23(12-16-25)21-27-28-22-24-13-17-26(18-14-24)30-20-10-8-6-4-2/h11-18,21-22H,3-10,19-20H2,1-2H3/b27-21+,28-22+. The van der Waals surface area contributed by atoms with Crippen molar-refractivity contribution in [3.63, 3.8) is 0 Å². The third kappa shape index (κ3) is 10.2. The van der Waals surface area contributed by atoms with Gasteiger partial charge >= 0.3 is 0 Å². The maximum absolute atomic E-state index is 5.76. The molecule has 0 aromatic heterocycles. The molecule has 2 rings (SSSR count). The molecule has 0 fully saturated rings. The van der Waals surface area contributed by atoms with Crippen LogP contribution in [-0.2, 0) is 0 Å². The molecular weight excluding hydrogens is 372 g/mol. The second-order valence-corrected chi connectivity index (χ2v) is 7.45. The summed E-state index contributed by atoms with van der Waals surface area (Å²) in [7, 11) is 0. The highest BCUT2D eigenvalue weighted by Crippen LogP contribution is 2.13. The lowest BCUT2D eigenvalue weighted by molar-refractivity contribution is 0.305. The van der Waals surface area contributed by atoms with E-state index in [1.54, 1.807) is 12.4 Å². The second kappa shape index (κ2) is 15.3. The van der Waals surface area contributed by atoms with Gasteiger partial charge in [0, 0.05) is 0 Å². The van der Waals surface area contributed by atoms with Crippen molar-refractivity contribution in [1.82, 2.24) is 0 Å². The lowest BCUT2D eigenvalue weighted by Crippen LogP contribution is -1.97. The molecule has 0 bridgehead atoms. The molecule has 0 spiro atoms. The summed E-state index contributed by atoms with van der Waals surface area (Å²) in [6.45, 7) is 5.99. The van der Waals surface area contributed by atoms with Crippen molar-refractivity contribution in [1.29, 1.82) is 0 Å². The second-order valence-electron chi connectivity index (χ2n) is 7.45. The van der Waals surface area contributed by atoms with Gasteiger partial charge in [-0.1, -0.05) is 52.4 Å². The first-order valence-electron chi connectivity index (χ1n) is 11.3. The van der Waals surface area contributed by atoms with Gasteiger partial charge in [0.15, 0.2) is 0 Å². The highest BCUT2D eigenvalue weighted by Gasteiger charge is 1.96. The Morgan fingerprint density at radius 3 is 1.33 bits per heavy atom. The normalized spacial score (nSPS) is 11.4. The molecule has 0 saturated heterocycles. The smallest absolute Gasteiger partial charge is 0.119 e. The summed E-state index contributed by atoms with van der Waals surface area (Å²) in [5.41, 5.74) is 2.00. The van der Waals surface area contributed by atoms with Crippen molar-refractivity contribution >= 4 is 12.4 Å². The molecule has 0 radical (unpaired) electrons. The highest BCUT2D eigenvalue weighted by atomic mass is 16.5. The summed E-state index contributed by atoms with van der Waals surface area (Å²) in [4.78, 5) is 0. The number of nitrogens with zero attached hydrogens (tertiary/aromatic N) is 2. The van der Waals surface area contributed by atoms with Gasteiger partial charge in [-0.2, -0.15) is 10.2 Å². The van der Waals surface area contributed by atoms with E-state index in [1.165, 1.54) is 38.5 Å². The summed E-state index contributed by atoms with van der Waals surface area (Å²) in [6, 6.07) is 15.9. The number of ether oxygens (including phenoxy) is 2. The molecule has 0 unspecified atom stereocenters. The fraction of sp³-hybridized carbons (Fsp3) is 0.462. The van der Waals surface area contributed by atoms with Crippen LogP contribution in [0.5, 0.6) is 11.5 Å². The predicted molar refractivity (Wildman–Crippen MR) is 127 cm³/mol. The van der Waals surface area contributed by atoms with Gasteiger partial charge in [-0.15, -0.1) is 0 Å². The van der Waals surface area contributed by atoms with E-state index < -0.39 is 0 Å². The zero-order valence-corrected chi connectivity index (χ0v) is 18.6. The first-order valence-corrected chi connectivity index (χ1v) is 11.3. The fourth-order valence-electron chi connectivity index (χ4n) is 2.94. The molecule has 162 valence electrons. The Hall–Kier alpha value is -2.62. The maximum Gasteiger partial charge on any atom is 0.119 e. The van der Waals surface area contributed by atoms with Crippen LogP contribution in [0.4, 0.5) is 0 Å². The molecular formula is C26H36N2O2. The van der Waals surface area contributed by atoms with E-state index in [2.05, 4.69) is 24.1 Å². The molecule has 2 aromatic carbocycles. The van der Waals surface area contributed by atoms with Crippen LogP contribution in [0.3, 0.4) is 0 Å². The van der Waals surface area contributed by atoms with Crippen molar-refractivity contribution in [2.24, 2.45) is 10.2 Å². The molecule has 30 heavy (non-hydrogen) atoms. The minimum absolute atomic E-state index is 0.778. The summed E-state index contributed by atoms with van der Waals surface area (Å²) >= 11 is 0. The Labute approximate surface area is 182 Å². The SMILES string of the molecule is CCCCCCOc1ccc(/C=N/N=C/c2ccc(OCCCCCC)cc2)cc1. The van der Waals surface area contributed by atoms with Gasteiger partial charge in [-0.05, 0) is 72.5 Å². The fourth-order valence-corrected chi connectivity index (χ4v) is 2.94. The third-order valence-electron chi connectivity index (χ3n) is 4.77. The van der Waals surface area contributed by atoms with Crippen molar-refractivity contribution in [2.45, 2.75) is 65.2 Å². The average molecular weight is 409 g/mol. The monoisotopic (exact) mass is 408 g/mol. The predicted octanol–water partition coefficient (Wildman–Crippen LogP) is 7.06. The number of rotatable bonds is 15. The Morgan fingerprint density at radius 1 is 0.567 bits per heavy atom. The van der Waals surface area contributed by atoms with Crippen molar-refractivity contribution < 1.29 is 9.47 Å². The van der Waals surface area contributed by atoms with Gasteiger partial charge < -0.3 is 9.47 Å². The number of unbranched alkanes of at least 4 members (excludes halogenated alkanes) is 6. The van der Waals surface area contributed by atoms with Crippen LogP contribution in [0.2, 0.25) is 0 Å². The maximum atomic E-state index is 5.76. The lowest BCUT2D eigenvalue weighted by Gasteiger charge is -2.05. The van der Waals surface area contributed by atoms with E-state index in [-0.39, 0.29) is 0 Å². The van der Waals surface area contributed by atoms with E-state index in [1.807, 2.05) is 48.5 Å². The molecule has 0 aliphatic heterocycles. The van der Waals surface area contributed by atoms with Crippen LogP contribution in [0.25, 0.3) is 0 Å². The molecule has 0 aliphatic carbocycles. The number of hydrogen-bond acceptors (Lipinski definition) is 4. The quantitative estimate of drug-likeness (QED) is 0.180. The van der Waals surface area contributed by atoms with Gasteiger partial charge in [0.05, 0.1) is 25.6 Å². The van der Waals surface area contributed by atoms with Crippen LogP contribution >= 0.6 is 0 Å². The van der Waals surface area contributed by atoms with Crippen molar-refractivity contribution in [3.05, 3.63) is 59.7 Å². The Balaban J connectivity index is 1.70. The van der Waals surface area contributed by atoms with E-state index in [4.69, 9.17) is 9.47 Å². The van der Waals surface area contributed by atoms with E-state index in [0.29, 0.717) is 0 Å².